The number of hydrogen-bond acceptors (Lipinski definition) is 5. The highest BCUT2D eigenvalue weighted by molar-refractivity contribution is 7.89. The third-order valence-corrected chi connectivity index (χ3v) is 7.73. The number of rotatable bonds is 9. The van der Waals surface area contributed by atoms with E-state index in [4.69, 9.17) is 27.6 Å². The van der Waals surface area contributed by atoms with Crippen molar-refractivity contribution in [2.24, 2.45) is 0 Å². The van der Waals surface area contributed by atoms with Gasteiger partial charge in [0.25, 0.3) is 5.91 Å². The fourth-order valence-corrected chi connectivity index (χ4v) is 5.18. The number of nitrogens with one attached hydrogen (secondary N) is 1. The number of furan rings is 1. The van der Waals surface area contributed by atoms with Gasteiger partial charge in [-0.25, -0.2) is 8.42 Å². The fraction of sp³-hybridized carbons (Fsp3) is 0.0714. The number of carbonyl (C=O) groups is 1. The molecule has 0 aliphatic heterocycles. The molecule has 0 aliphatic carbocycles. The van der Waals surface area contributed by atoms with Gasteiger partial charge >= 0.3 is 0 Å². The Labute approximate surface area is 230 Å². The van der Waals surface area contributed by atoms with E-state index >= 15 is 0 Å². The highest BCUT2D eigenvalue weighted by Crippen LogP contribution is 2.24. The highest BCUT2D eigenvalue weighted by atomic mass is 35.5. The molecule has 1 N–H and O–H groups in total. The van der Waals surface area contributed by atoms with E-state index < -0.39 is 15.9 Å². The summed E-state index contributed by atoms with van der Waals surface area (Å²) >= 11 is 11.8. The lowest BCUT2D eigenvalue weighted by atomic mass is 10.2. The van der Waals surface area contributed by atoms with Crippen LogP contribution in [0, 0.1) is 11.3 Å². The normalized spacial score (nSPS) is 11.8. The van der Waals surface area contributed by atoms with Crippen molar-refractivity contribution in [2.75, 3.05) is 5.32 Å². The van der Waals surface area contributed by atoms with Gasteiger partial charge < -0.3 is 9.73 Å². The Bertz CT molecular complexity index is 1590. The van der Waals surface area contributed by atoms with Crippen LogP contribution < -0.4 is 5.32 Å². The summed E-state index contributed by atoms with van der Waals surface area (Å²) in [6.45, 7) is -0.000233. The first-order chi connectivity index (χ1) is 18.2. The summed E-state index contributed by atoms with van der Waals surface area (Å²) in [7, 11) is -3.88. The monoisotopic (exact) mass is 565 g/mol. The van der Waals surface area contributed by atoms with Gasteiger partial charge in [-0.2, -0.15) is 9.57 Å². The molecule has 1 amide bonds. The number of benzene rings is 3. The van der Waals surface area contributed by atoms with Gasteiger partial charge in [-0.15, -0.1) is 0 Å². The lowest BCUT2D eigenvalue weighted by Crippen LogP contribution is -2.30. The molecule has 0 spiro atoms. The van der Waals surface area contributed by atoms with E-state index in [1.165, 1.54) is 22.5 Å². The fourth-order valence-electron chi connectivity index (χ4n) is 3.51. The second-order valence-electron chi connectivity index (χ2n) is 8.15. The van der Waals surface area contributed by atoms with E-state index in [-0.39, 0.29) is 29.3 Å². The number of halogens is 2. The maximum atomic E-state index is 13.5. The van der Waals surface area contributed by atoms with Gasteiger partial charge in [-0.3, -0.25) is 4.79 Å². The van der Waals surface area contributed by atoms with Crippen LogP contribution in [-0.4, -0.2) is 18.6 Å². The molecule has 4 rings (SSSR count). The number of amides is 1. The topological polar surface area (TPSA) is 103 Å². The zero-order chi connectivity index (χ0) is 27.1. The number of sulfonamides is 1. The molecule has 0 bridgehead atoms. The smallest absolute Gasteiger partial charge is 0.266 e. The molecule has 7 nitrogen and oxygen atoms in total. The molecule has 0 saturated heterocycles. The van der Waals surface area contributed by atoms with Gasteiger partial charge in [-0.1, -0.05) is 53.5 Å². The van der Waals surface area contributed by atoms with Crippen molar-refractivity contribution >= 4 is 50.9 Å². The molecular formula is C28H21Cl2N3O4S. The van der Waals surface area contributed by atoms with Crippen LogP contribution in [0.4, 0.5) is 5.69 Å². The Hall–Kier alpha value is -3.87. The summed E-state index contributed by atoms with van der Waals surface area (Å²) in [5.41, 5.74) is 1.03. The van der Waals surface area contributed by atoms with Crippen LogP contribution in [0.5, 0.6) is 0 Å². The minimum atomic E-state index is -3.88. The maximum absolute atomic E-state index is 13.5. The number of hydrogen-bond donors (Lipinski definition) is 1. The van der Waals surface area contributed by atoms with Gasteiger partial charge in [0, 0.05) is 28.4 Å². The lowest BCUT2D eigenvalue weighted by molar-refractivity contribution is -0.112. The van der Waals surface area contributed by atoms with Crippen molar-refractivity contribution in [3.05, 3.63) is 124 Å². The summed E-state index contributed by atoms with van der Waals surface area (Å²) in [5, 5.41) is 13.2. The molecule has 4 aromatic rings. The Kier molecular flexibility index (Phi) is 8.66. The third-order valence-electron chi connectivity index (χ3n) is 5.42. The average Bonchev–Trinajstić information content (AvgIpc) is 3.36. The SMILES string of the molecule is N#C/C(=C/c1ccc(CN(Cc2ccc(Cl)cc2)S(=O)(=O)c2ccccc2)o1)C(=O)Nc1ccc(Cl)cc1. The van der Waals surface area contributed by atoms with Crippen LogP contribution in [0.3, 0.4) is 0 Å². The van der Waals surface area contributed by atoms with Gasteiger partial charge in [0.1, 0.15) is 23.2 Å². The highest BCUT2D eigenvalue weighted by Gasteiger charge is 2.26. The molecule has 0 aliphatic rings. The minimum absolute atomic E-state index is 0.0766. The zero-order valence-electron chi connectivity index (χ0n) is 19.8. The summed E-state index contributed by atoms with van der Waals surface area (Å²) in [6, 6.07) is 26.5. The quantitative estimate of drug-likeness (QED) is 0.184. The van der Waals surface area contributed by atoms with Crippen molar-refractivity contribution in [1.29, 1.82) is 5.26 Å². The van der Waals surface area contributed by atoms with Crippen LogP contribution in [0.15, 0.2) is 106 Å². The molecule has 1 aromatic heterocycles. The number of nitriles is 1. The van der Waals surface area contributed by atoms with Crippen LogP contribution in [-0.2, 0) is 27.9 Å². The number of anilines is 1. The first-order valence-corrected chi connectivity index (χ1v) is 13.5. The average molecular weight is 566 g/mol. The van der Waals surface area contributed by atoms with Crippen LogP contribution in [0.25, 0.3) is 6.08 Å². The Balaban J connectivity index is 1.56. The molecule has 192 valence electrons. The second kappa shape index (κ2) is 12.1. The summed E-state index contributed by atoms with van der Waals surface area (Å²) in [5.74, 6) is -0.0599. The number of nitrogens with zero attached hydrogens (tertiary/aromatic N) is 2. The third kappa shape index (κ3) is 6.91. The van der Waals surface area contributed by atoms with Gasteiger partial charge in [-0.05, 0) is 66.2 Å². The van der Waals surface area contributed by atoms with E-state index in [0.29, 0.717) is 21.5 Å². The second-order valence-corrected chi connectivity index (χ2v) is 11.0. The Morgan fingerprint density at radius 2 is 1.53 bits per heavy atom. The number of carbonyl (C=O) groups excluding carboxylic acids is 1. The van der Waals surface area contributed by atoms with Gasteiger partial charge in [0.05, 0.1) is 11.4 Å². The summed E-state index contributed by atoms with van der Waals surface area (Å²) < 4.78 is 34.0. The Morgan fingerprint density at radius 3 is 2.16 bits per heavy atom. The van der Waals surface area contributed by atoms with Crippen LogP contribution in [0.2, 0.25) is 10.0 Å². The Morgan fingerprint density at radius 1 is 0.895 bits per heavy atom. The maximum Gasteiger partial charge on any atom is 0.266 e. The molecule has 0 saturated carbocycles. The predicted molar refractivity (Wildman–Crippen MR) is 147 cm³/mol. The van der Waals surface area contributed by atoms with E-state index in [1.54, 1.807) is 78.9 Å². The summed E-state index contributed by atoms with van der Waals surface area (Å²) in [4.78, 5) is 12.7. The minimum Gasteiger partial charge on any atom is -0.460 e. The molecule has 3 aromatic carbocycles. The van der Waals surface area contributed by atoms with Crippen molar-refractivity contribution in [3.63, 3.8) is 0 Å². The van der Waals surface area contributed by atoms with E-state index in [2.05, 4.69) is 5.32 Å². The van der Waals surface area contributed by atoms with Crippen LogP contribution >= 0.6 is 23.2 Å². The molecule has 1 heterocycles. The molecule has 38 heavy (non-hydrogen) atoms. The van der Waals surface area contributed by atoms with Gasteiger partial charge in [0.2, 0.25) is 10.0 Å². The van der Waals surface area contributed by atoms with Crippen molar-refractivity contribution in [3.8, 4) is 6.07 Å². The van der Waals surface area contributed by atoms with E-state index in [0.717, 1.165) is 5.56 Å². The van der Waals surface area contributed by atoms with Gasteiger partial charge in [0.15, 0.2) is 0 Å². The molecule has 0 unspecified atom stereocenters. The van der Waals surface area contributed by atoms with E-state index in [1.807, 2.05) is 6.07 Å². The largest absolute Gasteiger partial charge is 0.460 e. The van der Waals surface area contributed by atoms with Crippen molar-refractivity contribution in [1.82, 2.24) is 4.31 Å². The molecule has 0 fully saturated rings. The lowest BCUT2D eigenvalue weighted by Gasteiger charge is -2.21. The summed E-state index contributed by atoms with van der Waals surface area (Å²) in [6.07, 6.45) is 1.30. The predicted octanol–water partition coefficient (Wildman–Crippen LogP) is 6.52. The van der Waals surface area contributed by atoms with Crippen molar-refractivity contribution in [2.45, 2.75) is 18.0 Å². The van der Waals surface area contributed by atoms with Crippen LogP contribution in [0.1, 0.15) is 17.1 Å². The first kappa shape index (κ1) is 27.2. The molecule has 0 radical (unpaired) electrons. The standard InChI is InChI=1S/C28H21Cl2N3O4S/c29-22-8-6-20(7-9-22)18-33(38(35,36)27-4-2-1-3-5-27)19-26-15-14-25(37-26)16-21(17-31)28(34)32-24-12-10-23(30)11-13-24/h1-16H,18-19H2,(H,32,34)/b21-16-. The van der Waals surface area contributed by atoms with E-state index in [9.17, 15) is 18.5 Å². The molecular weight excluding hydrogens is 545 g/mol. The van der Waals surface area contributed by atoms with Crippen molar-refractivity contribution < 1.29 is 17.6 Å². The first-order valence-electron chi connectivity index (χ1n) is 11.3. The molecule has 10 heteroatoms. The molecule has 0 atom stereocenters. The zero-order valence-corrected chi connectivity index (χ0v) is 22.2.